The van der Waals surface area contributed by atoms with Gasteiger partial charge < -0.3 is 14.6 Å². The highest BCUT2D eigenvalue weighted by Crippen LogP contribution is 2.29. The molecule has 0 saturated carbocycles. The van der Waals surface area contributed by atoms with Gasteiger partial charge in [-0.3, -0.25) is 4.79 Å². The van der Waals surface area contributed by atoms with Crippen LogP contribution >= 0.6 is 0 Å². The monoisotopic (exact) mass is 280 g/mol. The zero-order valence-electron chi connectivity index (χ0n) is 12.5. The van der Waals surface area contributed by atoms with Crippen molar-refractivity contribution in [2.24, 2.45) is 5.92 Å². The van der Waals surface area contributed by atoms with Gasteiger partial charge in [0.2, 0.25) is 0 Å². The van der Waals surface area contributed by atoms with Gasteiger partial charge in [0, 0.05) is 7.11 Å². The van der Waals surface area contributed by atoms with Gasteiger partial charge in [0.25, 0.3) is 0 Å². The molecule has 4 nitrogen and oxygen atoms in total. The molecule has 0 spiro atoms. The number of rotatable bonds is 8. The summed E-state index contributed by atoms with van der Waals surface area (Å²) in [7, 11) is 1.61. The minimum absolute atomic E-state index is 0.325. The van der Waals surface area contributed by atoms with E-state index < -0.39 is 12.0 Å². The minimum atomic E-state index is -0.861. The first-order chi connectivity index (χ1) is 9.65. The fourth-order valence-electron chi connectivity index (χ4n) is 2.29. The van der Waals surface area contributed by atoms with Gasteiger partial charge in [-0.05, 0) is 24.5 Å². The number of ether oxygens (including phenoxy) is 2. The molecular formula is C16H24O4. The number of hydrogen-bond donors (Lipinski definition) is 1. The largest absolute Gasteiger partial charge is 0.466 e. The maximum Gasteiger partial charge on any atom is 0.311 e. The molecule has 0 heterocycles. The number of carbonyl (C=O) groups excluding carboxylic acids is 1. The molecule has 0 aliphatic carbocycles. The third-order valence-corrected chi connectivity index (χ3v) is 3.24. The Morgan fingerprint density at radius 3 is 2.60 bits per heavy atom. The molecule has 20 heavy (non-hydrogen) atoms. The van der Waals surface area contributed by atoms with E-state index >= 15 is 0 Å². The Morgan fingerprint density at radius 2 is 2.00 bits per heavy atom. The van der Waals surface area contributed by atoms with Crippen molar-refractivity contribution in [2.45, 2.75) is 39.4 Å². The fraction of sp³-hybridized carbons (Fsp3) is 0.562. The zero-order chi connectivity index (χ0) is 15.0. The van der Waals surface area contributed by atoms with Crippen molar-refractivity contribution in [1.29, 1.82) is 0 Å². The smallest absolute Gasteiger partial charge is 0.311 e. The van der Waals surface area contributed by atoms with Gasteiger partial charge in [-0.2, -0.15) is 0 Å². The van der Waals surface area contributed by atoms with Crippen molar-refractivity contribution in [3.8, 4) is 0 Å². The van der Waals surface area contributed by atoms with Crippen molar-refractivity contribution in [2.75, 3.05) is 13.7 Å². The maximum absolute atomic E-state index is 12.0. The van der Waals surface area contributed by atoms with Crippen LogP contribution in [-0.4, -0.2) is 24.8 Å². The van der Waals surface area contributed by atoms with Gasteiger partial charge in [0.1, 0.15) is 0 Å². The van der Waals surface area contributed by atoms with Crippen LogP contribution in [0.4, 0.5) is 0 Å². The summed E-state index contributed by atoms with van der Waals surface area (Å²) in [5.41, 5.74) is 1.63. The Labute approximate surface area is 120 Å². The lowest BCUT2D eigenvalue weighted by molar-refractivity contribution is -0.152. The maximum atomic E-state index is 12.0. The summed E-state index contributed by atoms with van der Waals surface area (Å²) in [6, 6.07) is 7.48. The molecule has 4 heteroatoms. The second kappa shape index (κ2) is 8.72. The standard InChI is InChI=1S/C16H24O4/c1-4-8-14(16(18)20-5-2)15(17)13-10-7-6-9-12(13)11-19-3/h6-7,9-10,14-15,17H,4-5,8,11H2,1-3H3. The van der Waals surface area contributed by atoms with Crippen LogP contribution in [0.5, 0.6) is 0 Å². The van der Waals surface area contributed by atoms with E-state index in [4.69, 9.17) is 9.47 Å². The van der Waals surface area contributed by atoms with Crippen LogP contribution in [0.15, 0.2) is 24.3 Å². The van der Waals surface area contributed by atoms with Gasteiger partial charge in [-0.15, -0.1) is 0 Å². The van der Waals surface area contributed by atoms with Gasteiger partial charge in [0.15, 0.2) is 0 Å². The molecule has 0 amide bonds. The van der Waals surface area contributed by atoms with Gasteiger partial charge >= 0.3 is 5.97 Å². The second-order valence-electron chi connectivity index (χ2n) is 4.72. The molecule has 2 unspecified atom stereocenters. The Kier molecular flexibility index (Phi) is 7.26. The average molecular weight is 280 g/mol. The Hall–Kier alpha value is -1.39. The normalized spacial score (nSPS) is 13.8. The van der Waals surface area contributed by atoms with E-state index in [0.29, 0.717) is 19.6 Å². The number of esters is 1. The quantitative estimate of drug-likeness (QED) is 0.744. The van der Waals surface area contributed by atoms with E-state index in [1.807, 2.05) is 31.2 Å². The molecule has 0 bridgehead atoms. The van der Waals surface area contributed by atoms with Crippen molar-refractivity contribution in [3.63, 3.8) is 0 Å². The first kappa shape index (κ1) is 16.7. The van der Waals surface area contributed by atoms with Crippen molar-refractivity contribution in [3.05, 3.63) is 35.4 Å². The predicted octanol–water partition coefficient (Wildman–Crippen LogP) is 2.85. The predicted molar refractivity (Wildman–Crippen MR) is 77.1 cm³/mol. The van der Waals surface area contributed by atoms with Crippen molar-refractivity contribution >= 4 is 5.97 Å². The molecule has 1 rings (SSSR count). The van der Waals surface area contributed by atoms with E-state index in [2.05, 4.69) is 0 Å². The lowest BCUT2D eigenvalue weighted by atomic mass is 9.89. The van der Waals surface area contributed by atoms with Gasteiger partial charge in [-0.25, -0.2) is 0 Å². The molecule has 0 aromatic heterocycles. The molecule has 112 valence electrons. The molecule has 0 saturated heterocycles. The summed E-state index contributed by atoms with van der Waals surface area (Å²) >= 11 is 0. The van der Waals surface area contributed by atoms with Gasteiger partial charge in [0.05, 0.1) is 25.2 Å². The molecular weight excluding hydrogens is 256 g/mol. The number of aliphatic hydroxyl groups is 1. The average Bonchev–Trinajstić information content (AvgIpc) is 2.45. The van der Waals surface area contributed by atoms with Crippen LogP contribution in [0.2, 0.25) is 0 Å². The van der Waals surface area contributed by atoms with E-state index in [-0.39, 0.29) is 5.97 Å². The zero-order valence-corrected chi connectivity index (χ0v) is 12.5. The van der Waals surface area contributed by atoms with Crippen LogP contribution in [-0.2, 0) is 20.9 Å². The number of carbonyl (C=O) groups is 1. The SMILES string of the molecule is CCCC(C(=O)OCC)C(O)c1ccccc1COC. The lowest BCUT2D eigenvalue weighted by Gasteiger charge is -2.23. The molecule has 0 radical (unpaired) electrons. The third kappa shape index (κ3) is 4.32. The summed E-state index contributed by atoms with van der Waals surface area (Å²) in [5.74, 6) is -0.868. The first-order valence-electron chi connectivity index (χ1n) is 7.07. The van der Waals surface area contributed by atoms with Crippen molar-refractivity contribution < 1.29 is 19.4 Å². The van der Waals surface area contributed by atoms with Crippen LogP contribution < -0.4 is 0 Å². The summed E-state index contributed by atoms with van der Waals surface area (Å²) in [6.45, 7) is 4.49. The molecule has 1 aromatic carbocycles. The molecule has 0 aliphatic heterocycles. The minimum Gasteiger partial charge on any atom is -0.466 e. The highest BCUT2D eigenvalue weighted by molar-refractivity contribution is 5.73. The van der Waals surface area contributed by atoms with Crippen LogP contribution in [0.25, 0.3) is 0 Å². The number of aliphatic hydroxyl groups excluding tert-OH is 1. The molecule has 2 atom stereocenters. The topological polar surface area (TPSA) is 55.8 Å². The van der Waals surface area contributed by atoms with Gasteiger partial charge in [-0.1, -0.05) is 37.6 Å². The Morgan fingerprint density at radius 1 is 1.30 bits per heavy atom. The number of benzene rings is 1. The summed E-state index contributed by atoms with van der Waals surface area (Å²) in [5, 5.41) is 10.6. The number of hydrogen-bond acceptors (Lipinski definition) is 4. The summed E-state index contributed by atoms with van der Waals surface area (Å²) in [4.78, 5) is 12.0. The molecule has 0 fully saturated rings. The fourth-order valence-corrected chi connectivity index (χ4v) is 2.29. The molecule has 1 aromatic rings. The number of methoxy groups -OCH3 is 1. The highest BCUT2D eigenvalue weighted by Gasteiger charge is 2.29. The lowest BCUT2D eigenvalue weighted by Crippen LogP contribution is -2.25. The van der Waals surface area contributed by atoms with E-state index in [0.717, 1.165) is 17.5 Å². The van der Waals surface area contributed by atoms with E-state index in [9.17, 15) is 9.90 Å². The van der Waals surface area contributed by atoms with Crippen LogP contribution in [0.3, 0.4) is 0 Å². The summed E-state index contributed by atoms with van der Waals surface area (Å²) < 4.78 is 10.2. The molecule has 0 aliphatic rings. The Balaban J connectivity index is 2.99. The highest BCUT2D eigenvalue weighted by atomic mass is 16.5. The second-order valence-corrected chi connectivity index (χ2v) is 4.72. The Bertz CT molecular complexity index is 417. The van der Waals surface area contributed by atoms with E-state index in [1.165, 1.54) is 0 Å². The summed E-state index contributed by atoms with van der Waals surface area (Å²) in [6.07, 6.45) is 0.550. The molecule has 1 N–H and O–H groups in total. The first-order valence-corrected chi connectivity index (χ1v) is 7.07. The van der Waals surface area contributed by atoms with E-state index in [1.54, 1.807) is 14.0 Å². The van der Waals surface area contributed by atoms with Crippen LogP contribution in [0, 0.1) is 5.92 Å². The van der Waals surface area contributed by atoms with Crippen molar-refractivity contribution in [1.82, 2.24) is 0 Å². The third-order valence-electron chi connectivity index (χ3n) is 3.24. The van der Waals surface area contributed by atoms with Crippen LogP contribution in [0.1, 0.15) is 43.9 Å².